The standard InChI is InChI=1S/C20H23ClN2S/c1-13(2)11-23-15(4)14(3)18-9-10-22-20(19(18)23)24-12-16-5-7-17(21)8-6-16/h5-10,13H,11-12H2,1-4H3. The first kappa shape index (κ1) is 17.4. The molecule has 0 aliphatic carbocycles. The van der Waals surface area contributed by atoms with Crippen molar-refractivity contribution < 1.29 is 0 Å². The van der Waals surface area contributed by atoms with Crippen LogP contribution in [0.1, 0.15) is 30.7 Å². The summed E-state index contributed by atoms with van der Waals surface area (Å²) in [4.78, 5) is 4.68. The van der Waals surface area contributed by atoms with E-state index in [2.05, 4.69) is 55.4 Å². The van der Waals surface area contributed by atoms with E-state index in [9.17, 15) is 0 Å². The number of hydrogen-bond donors (Lipinski definition) is 0. The summed E-state index contributed by atoms with van der Waals surface area (Å²) in [5.41, 5.74) is 5.25. The molecule has 0 radical (unpaired) electrons. The second-order valence-electron chi connectivity index (χ2n) is 6.64. The first-order valence-corrected chi connectivity index (χ1v) is 9.65. The van der Waals surface area contributed by atoms with Gasteiger partial charge in [0.1, 0.15) is 5.03 Å². The molecule has 0 amide bonds. The fourth-order valence-electron chi connectivity index (χ4n) is 2.99. The molecular formula is C20H23ClN2S. The van der Waals surface area contributed by atoms with Gasteiger partial charge in [0, 0.05) is 34.6 Å². The van der Waals surface area contributed by atoms with Crippen LogP contribution < -0.4 is 0 Å². The van der Waals surface area contributed by atoms with Crippen molar-refractivity contribution in [3.63, 3.8) is 0 Å². The van der Waals surface area contributed by atoms with Crippen LogP contribution in [-0.2, 0) is 12.3 Å². The maximum absolute atomic E-state index is 5.97. The molecule has 3 aromatic rings. The summed E-state index contributed by atoms with van der Waals surface area (Å²) in [6.45, 7) is 9.97. The normalized spacial score (nSPS) is 11.6. The van der Waals surface area contributed by atoms with Crippen LogP contribution in [0.3, 0.4) is 0 Å². The topological polar surface area (TPSA) is 17.8 Å². The molecule has 4 heteroatoms. The van der Waals surface area contributed by atoms with Crippen LogP contribution in [0.5, 0.6) is 0 Å². The Labute approximate surface area is 153 Å². The van der Waals surface area contributed by atoms with Crippen molar-refractivity contribution in [1.82, 2.24) is 9.55 Å². The molecule has 0 aliphatic heterocycles. The van der Waals surface area contributed by atoms with Gasteiger partial charge in [-0.1, -0.05) is 49.3 Å². The van der Waals surface area contributed by atoms with Crippen molar-refractivity contribution >= 4 is 34.3 Å². The SMILES string of the molecule is Cc1c(C)n(CC(C)C)c2c(SCc3ccc(Cl)cc3)nccc12. The number of halogens is 1. The highest BCUT2D eigenvalue weighted by atomic mass is 35.5. The van der Waals surface area contributed by atoms with E-state index in [0.29, 0.717) is 5.92 Å². The molecule has 3 rings (SSSR count). The zero-order valence-corrected chi connectivity index (χ0v) is 16.2. The maximum atomic E-state index is 5.97. The Hall–Kier alpha value is -1.45. The van der Waals surface area contributed by atoms with E-state index in [-0.39, 0.29) is 0 Å². The molecule has 0 saturated carbocycles. The number of nitrogens with zero attached hydrogens (tertiary/aromatic N) is 2. The molecule has 1 aromatic carbocycles. The van der Waals surface area contributed by atoms with Crippen molar-refractivity contribution in [3.05, 3.63) is 58.4 Å². The minimum Gasteiger partial charge on any atom is -0.342 e. The molecule has 0 bridgehead atoms. The summed E-state index contributed by atoms with van der Waals surface area (Å²) in [6.07, 6.45) is 1.93. The van der Waals surface area contributed by atoms with E-state index >= 15 is 0 Å². The van der Waals surface area contributed by atoms with E-state index in [1.807, 2.05) is 18.3 Å². The predicted octanol–water partition coefficient (Wildman–Crippen LogP) is 6.25. The number of rotatable bonds is 5. The molecule has 24 heavy (non-hydrogen) atoms. The minimum absolute atomic E-state index is 0.605. The number of fused-ring (bicyclic) bond motifs is 1. The Balaban J connectivity index is 1.98. The summed E-state index contributed by atoms with van der Waals surface area (Å²) in [5.74, 6) is 1.50. The lowest BCUT2D eigenvalue weighted by atomic mass is 10.2. The van der Waals surface area contributed by atoms with E-state index < -0.39 is 0 Å². The largest absolute Gasteiger partial charge is 0.342 e. The van der Waals surface area contributed by atoms with Crippen molar-refractivity contribution in [2.75, 3.05) is 0 Å². The van der Waals surface area contributed by atoms with Gasteiger partial charge in [-0.25, -0.2) is 4.98 Å². The molecule has 0 fully saturated rings. The van der Waals surface area contributed by atoms with Gasteiger partial charge in [-0.2, -0.15) is 0 Å². The maximum Gasteiger partial charge on any atom is 0.121 e. The van der Waals surface area contributed by atoms with E-state index in [0.717, 1.165) is 22.3 Å². The average Bonchev–Trinajstić information content (AvgIpc) is 2.80. The summed E-state index contributed by atoms with van der Waals surface area (Å²) < 4.78 is 2.44. The van der Waals surface area contributed by atoms with E-state index in [4.69, 9.17) is 11.6 Å². The van der Waals surface area contributed by atoms with Crippen LogP contribution in [0.4, 0.5) is 0 Å². The Morgan fingerprint density at radius 2 is 1.83 bits per heavy atom. The van der Waals surface area contributed by atoms with Crippen molar-refractivity contribution in [3.8, 4) is 0 Å². The predicted molar refractivity (Wildman–Crippen MR) is 105 cm³/mol. The average molecular weight is 359 g/mol. The van der Waals surface area contributed by atoms with Crippen molar-refractivity contribution in [2.24, 2.45) is 5.92 Å². The third-order valence-corrected chi connectivity index (χ3v) is 5.65. The third-order valence-electron chi connectivity index (χ3n) is 4.35. The Morgan fingerprint density at radius 3 is 2.50 bits per heavy atom. The van der Waals surface area contributed by atoms with Gasteiger partial charge in [0.25, 0.3) is 0 Å². The van der Waals surface area contributed by atoms with Crippen LogP contribution in [0.15, 0.2) is 41.6 Å². The van der Waals surface area contributed by atoms with Crippen LogP contribution in [0.25, 0.3) is 10.9 Å². The molecular weight excluding hydrogens is 336 g/mol. The zero-order chi connectivity index (χ0) is 17.3. The second kappa shape index (κ2) is 7.20. The van der Waals surface area contributed by atoms with Gasteiger partial charge in [0.05, 0.1) is 5.52 Å². The van der Waals surface area contributed by atoms with Crippen LogP contribution in [-0.4, -0.2) is 9.55 Å². The van der Waals surface area contributed by atoms with Gasteiger partial charge in [0.2, 0.25) is 0 Å². The van der Waals surface area contributed by atoms with Crippen LogP contribution >= 0.6 is 23.4 Å². The van der Waals surface area contributed by atoms with Crippen molar-refractivity contribution in [2.45, 2.75) is 45.0 Å². The second-order valence-corrected chi connectivity index (χ2v) is 8.04. The number of pyridine rings is 1. The van der Waals surface area contributed by atoms with Gasteiger partial charge in [-0.05, 0) is 49.1 Å². The molecule has 0 N–H and O–H groups in total. The van der Waals surface area contributed by atoms with Crippen molar-refractivity contribution in [1.29, 1.82) is 0 Å². The lowest BCUT2D eigenvalue weighted by Crippen LogP contribution is -2.07. The van der Waals surface area contributed by atoms with Gasteiger partial charge in [0.15, 0.2) is 0 Å². The Morgan fingerprint density at radius 1 is 1.12 bits per heavy atom. The molecule has 0 aliphatic rings. The smallest absolute Gasteiger partial charge is 0.121 e. The highest BCUT2D eigenvalue weighted by Gasteiger charge is 2.16. The lowest BCUT2D eigenvalue weighted by Gasteiger charge is -2.13. The molecule has 2 aromatic heterocycles. The Kier molecular flexibility index (Phi) is 5.21. The minimum atomic E-state index is 0.605. The first-order chi connectivity index (χ1) is 11.5. The highest BCUT2D eigenvalue weighted by Crippen LogP contribution is 2.33. The number of benzene rings is 1. The fraction of sp³-hybridized carbons (Fsp3) is 0.350. The molecule has 0 atom stereocenters. The quantitative estimate of drug-likeness (QED) is 0.501. The van der Waals surface area contributed by atoms with Crippen LogP contribution in [0, 0.1) is 19.8 Å². The summed E-state index contributed by atoms with van der Waals surface area (Å²) >= 11 is 7.77. The van der Waals surface area contributed by atoms with Crippen LogP contribution in [0.2, 0.25) is 5.02 Å². The molecule has 2 heterocycles. The third kappa shape index (κ3) is 3.47. The molecule has 126 valence electrons. The van der Waals surface area contributed by atoms with Gasteiger partial charge in [-0.15, -0.1) is 0 Å². The Bertz CT molecular complexity index is 850. The molecule has 0 spiro atoms. The first-order valence-electron chi connectivity index (χ1n) is 8.29. The summed E-state index contributed by atoms with van der Waals surface area (Å²) in [6, 6.07) is 10.2. The zero-order valence-electron chi connectivity index (χ0n) is 14.6. The monoisotopic (exact) mass is 358 g/mol. The number of hydrogen-bond acceptors (Lipinski definition) is 2. The number of aryl methyl sites for hydroxylation is 1. The fourth-order valence-corrected chi connectivity index (χ4v) is 4.11. The number of aromatic nitrogens is 2. The highest BCUT2D eigenvalue weighted by molar-refractivity contribution is 7.98. The molecule has 0 saturated heterocycles. The molecule has 0 unspecified atom stereocenters. The lowest BCUT2D eigenvalue weighted by molar-refractivity contribution is 0.525. The van der Waals surface area contributed by atoms with Gasteiger partial charge < -0.3 is 4.57 Å². The summed E-state index contributed by atoms with van der Waals surface area (Å²) in [5, 5.41) is 3.21. The van der Waals surface area contributed by atoms with Gasteiger partial charge in [-0.3, -0.25) is 0 Å². The van der Waals surface area contributed by atoms with E-state index in [1.54, 1.807) is 11.8 Å². The van der Waals surface area contributed by atoms with E-state index in [1.165, 1.54) is 27.7 Å². The molecule has 2 nitrogen and oxygen atoms in total. The van der Waals surface area contributed by atoms with Gasteiger partial charge >= 0.3 is 0 Å². The number of thioether (sulfide) groups is 1. The summed E-state index contributed by atoms with van der Waals surface area (Å²) in [7, 11) is 0.